The molecule has 0 spiro atoms. The minimum atomic E-state index is 0.128. The predicted octanol–water partition coefficient (Wildman–Crippen LogP) is 7.06. The molecule has 0 aromatic heterocycles. The SMILES string of the molecule is CC(C)Oc1ccc(Nc2ccc(-c3ccc(Cl)c(Cl)c3)cc2C#N)cc1. The van der Waals surface area contributed by atoms with Crippen LogP contribution < -0.4 is 10.1 Å². The van der Waals surface area contributed by atoms with Crippen LogP contribution in [0.4, 0.5) is 11.4 Å². The molecule has 3 rings (SSSR count). The lowest BCUT2D eigenvalue weighted by atomic mass is 10.0. The molecule has 5 heteroatoms. The summed E-state index contributed by atoms with van der Waals surface area (Å²) in [6, 6.07) is 21.0. The number of ether oxygens (including phenoxy) is 1. The van der Waals surface area contributed by atoms with Gasteiger partial charge < -0.3 is 10.1 Å². The zero-order valence-corrected chi connectivity index (χ0v) is 16.5. The van der Waals surface area contributed by atoms with Gasteiger partial charge in [-0.25, -0.2) is 0 Å². The molecule has 0 saturated heterocycles. The van der Waals surface area contributed by atoms with Crippen molar-refractivity contribution in [2.45, 2.75) is 20.0 Å². The number of benzene rings is 3. The van der Waals surface area contributed by atoms with E-state index >= 15 is 0 Å². The first-order valence-electron chi connectivity index (χ1n) is 8.49. The average molecular weight is 397 g/mol. The van der Waals surface area contributed by atoms with E-state index < -0.39 is 0 Å². The van der Waals surface area contributed by atoms with Crippen LogP contribution in [0, 0.1) is 11.3 Å². The molecule has 0 radical (unpaired) electrons. The van der Waals surface area contributed by atoms with E-state index in [4.69, 9.17) is 27.9 Å². The van der Waals surface area contributed by atoms with Gasteiger partial charge in [-0.1, -0.05) is 35.3 Å². The second-order valence-electron chi connectivity index (χ2n) is 6.32. The van der Waals surface area contributed by atoms with Crippen LogP contribution in [-0.4, -0.2) is 6.10 Å². The summed E-state index contributed by atoms with van der Waals surface area (Å²) in [7, 11) is 0. The second-order valence-corrected chi connectivity index (χ2v) is 7.13. The minimum absolute atomic E-state index is 0.128. The van der Waals surface area contributed by atoms with Crippen molar-refractivity contribution in [2.24, 2.45) is 0 Å². The van der Waals surface area contributed by atoms with Crippen LogP contribution in [0.1, 0.15) is 19.4 Å². The molecule has 0 unspecified atom stereocenters. The molecule has 0 bridgehead atoms. The number of nitrogens with one attached hydrogen (secondary N) is 1. The van der Waals surface area contributed by atoms with E-state index in [9.17, 15) is 5.26 Å². The van der Waals surface area contributed by atoms with Crippen LogP contribution in [0.5, 0.6) is 5.75 Å². The number of rotatable bonds is 5. The van der Waals surface area contributed by atoms with Crippen molar-refractivity contribution < 1.29 is 4.74 Å². The number of nitriles is 1. The van der Waals surface area contributed by atoms with Crippen molar-refractivity contribution >= 4 is 34.6 Å². The molecule has 27 heavy (non-hydrogen) atoms. The smallest absolute Gasteiger partial charge is 0.119 e. The molecule has 0 fully saturated rings. The van der Waals surface area contributed by atoms with Gasteiger partial charge in [0, 0.05) is 5.69 Å². The first kappa shape index (κ1) is 19.1. The van der Waals surface area contributed by atoms with Crippen molar-refractivity contribution in [2.75, 3.05) is 5.32 Å². The summed E-state index contributed by atoms with van der Waals surface area (Å²) < 4.78 is 5.65. The van der Waals surface area contributed by atoms with Gasteiger partial charge >= 0.3 is 0 Å². The highest BCUT2D eigenvalue weighted by Gasteiger charge is 2.08. The highest BCUT2D eigenvalue weighted by Crippen LogP contribution is 2.31. The van der Waals surface area contributed by atoms with Gasteiger partial charge in [-0.15, -0.1) is 0 Å². The molecule has 3 aromatic carbocycles. The Balaban J connectivity index is 1.84. The molecule has 136 valence electrons. The largest absolute Gasteiger partial charge is 0.491 e. The fourth-order valence-electron chi connectivity index (χ4n) is 2.65. The summed E-state index contributed by atoms with van der Waals surface area (Å²) in [6.07, 6.45) is 0.128. The Kier molecular flexibility index (Phi) is 5.91. The summed E-state index contributed by atoms with van der Waals surface area (Å²) in [4.78, 5) is 0. The van der Waals surface area contributed by atoms with Gasteiger partial charge in [-0.05, 0) is 73.5 Å². The van der Waals surface area contributed by atoms with Crippen LogP contribution in [0.25, 0.3) is 11.1 Å². The summed E-state index contributed by atoms with van der Waals surface area (Å²) in [5, 5.41) is 13.8. The lowest BCUT2D eigenvalue weighted by Crippen LogP contribution is -2.05. The van der Waals surface area contributed by atoms with E-state index in [0.717, 1.165) is 28.3 Å². The molecule has 0 amide bonds. The molecular weight excluding hydrogens is 379 g/mol. The molecule has 0 saturated carbocycles. The third kappa shape index (κ3) is 4.74. The topological polar surface area (TPSA) is 45.0 Å². The van der Waals surface area contributed by atoms with Crippen molar-refractivity contribution in [3.8, 4) is 22.9 Å². The van der Waals surface area contributed by atoms with Crippen LogP contribution in [0.3, 0.4) is 0 Å². The monoisotopic (exact) mass is 396 g/mol. The third-order valence-electron chi connectivity index (χ3n) is 3.90. The van der Waals surface area contributed by atoms with E-state index in [0.29, 0.717) is 15.6 Å². The maximum Gasteiger partial charge on any atom is 0.119 e. The summed E-state index contributed by atoms with van der Waals surface area (Å²) in [5.74, 6) is 0.811. The summed E-state index contributed by atoms with van der Waals surface area (Å²) >= 11 is 12.1. The number of hydrogen-bond acceptors (Lipinski definition) is 3. The molecule has 1 N–H and O–H groups in total. The quantitative estimate of drug-likeness (QED) is 0.501. The summed E-state index contributed by atoms with van der Waals surface area (Å²) in [6.45, 7) is 3.97. The van der Waals surface area contributed by atoms with Gasteiger partial charge in [0.05, 0.1) is 27.4 Å². The molecule has 0 aliphatic heterocycles. The Labute approximate surface area is 169 Å². The number of halogens is 2. The van der Waals surface area contributed by atoms with Crippen molar-refractivity contribution in [1.29, 1.82) is 5.26 Å². The maximum atomic E-state index is 9.55. The Morgan fingerprint density at radius 2 is 1.56 bits per heavy atom. The zero-order valence-electron chi connectivity index (χ0n) is 15.0. The zero-order chi connectivity index (χ0) is 19.4. The molecule has 0 atom stereocenters. The number of anilines is 2. The van der Waals surface area contributed by atoms with E-state index in [1.807, 2.05) is 62.4 Å². The van der Waals surface area contributed by atoms with Gasteiger partial charge in [0.1, 0.15) is 11.8 Å². The average Bonchev–Trinajstić information content (AvgIpc) is 2.65. The summed E-state index contributed by atoms with van der Waals surface area (Å²) in [5.41, 5.74) is 3.96. The Morgan fingerprint density at radius 3 is 2.19 bits per heavy atom. The first-order chi connectivity index (χ1) is 13.0. The number of hydrogen-bond donors (Lipinski definition) is 1. The van der Waals surface area contributed by atoms with Gasteiger partial charge in [0.2, 0.25) is 0 Å². The van der Waals surface area contributed by atoms with Crippen LogP contribution >= 0.6 is 23.2 Å². The van der Waals surface area contributed by atoms with Crippen molar-refractivity contribution in [1.82, 2.24) is 0 Å². The molecule has 3 aromatic rings. The number of nitrogens with zero attached hydrogens (tertiary/aromatic N) is 1. The van der Waals surface area contributed by atoms with Gasteiger partial charge in [-0.2, -0.15) is 5.26 Å². The van der Waals surface area contributed by atoms with Crippen LogP contribution in [0.2, 0.25) is 10.0 Å². The lowest BCUT2D eigenvalue weighted by Gasteiger charge is -2.13. The maximum absolute atomic E-state index is 9.55. The van der Waals surface area contributed by atoms with Crippen LogP contribution in [-0.2, 0) is 0 Å². The highest BCUT2D eigenvalue weighted by atomic mass is 35.5. The standard InChI is InChI=1S/C22H18Cl2N2O/c1-14(2)27-19-7-5-18(6-8-19)26-22-10-4-15(11-17(22)13-25)16-3-9-20(23)21(24)12-16/h3-12,14,26H,1-2H3. The lowest BCUT2D eigenvalue weighted by molar-refractivity contribution is 0.242. The predicted molar refractivity (Wildman–Crippen MR) is 112 cm³/mol. The van der Waals surface area contributed by atoms with E-state index in [2.05, 4.69) is 11.4 Å². The van der Waals surface area contributed by atoms with Crippen molar-refractivity contribution in [3.63, 3.8) is 0 Å². The van der Waals surface area contributed by atoms with E-state index in [1.54, 1.807) is 12.1 Å². The molecule has 3 nitrogen and oxygen atoms in total. The fourth-order valence-corrected chi connectivity index (χ4v) is 2.94. The third-order valence-corrected chi connectivity index (χ3v) is 4.64. The van der Waals surface area contributed by atoms with E-state index in [1.165, 1.54) is 0 Å². The van der Waals surface area contributed by atoms with Gasteiger partial charge in [-0.3, -0.25) is 0 Å². The molecule has 0 heterocycles. The van der Waals surface area contributed by atoms with Gasteiger partial charge in [0.25, 0.3) is 0 Å². The van der Waals surface area contributed by atoms with Crippen LogP contribution in [0.15, 0.2) is 60.7 Å². The Morgan fingerprint density at radius 1 is 0.889 bits per heavy atom. The molecule has 0 aliphatic carbocycles. The van der Waals surface area contributed by atoms with E-state index in [-0.39, 0.29) is 6.10 Å². The first-order valence-corrected chi connectivity index (χ1v) is 9.25. The normalized spacial score (nSPS) is 10.5. The minimum Gasteiger partial charge on any atom is -0.491 e. The fraction of sp³-hybridized carbons (Fsp3) is 0.136. The Hall–Kier alpha value is -2.67. The van der Waals surface area contributed by atoms with Crippen molar-refractivity contribution in [3.05, 3.63) is 76.3 Å². The second kappa shape index (κ2) is 8.35. The molecular formula is C22H18Cl2N2O. The Bertz CT molecular complexity index is 992. The van der Waals surface area contributed by atoms with Gasteiger partial charge in [0.15, 0.2) is 0 Å². The molecule has 0 aliphatic rings. The highest BCUT2D eigenvalue weighted by molar-refractivity contribution is 6.42.